The number of nitrogens with one attached hydrogen (secondary N) is 3. The van der Waals surface area contributed by atoms with Gasteiger partial charge >= 0.3 is 0 Å². The van der Waals surface area contributed by atoms with E-state index in [1.165, 1.54) is 0 Å². The second-order valence-corrected chi connectivity index (χ2v) is 5.63. The van der Waals surface area contributed by atoms with Crippen LogP contribution in [0.1, 0.15) is 34.1 Å². The first-order valence-corrected chi connectivity index (χ1v) is 7.31. The van der Waals surface area contributed by atoms with Crippen LogP contribution in [-0.4, -0.2) is 47.3 Å². The van der Waals surface area contributed by atoms with Gasteiger partial charge in [-0.15, -0.1) is 0 Å². The van der Waals surface area contributed by atoms with Gasteiger partial charge in [-0.2, -0.15) is 0 Å². The predicted octanol–water partition coefficient (Wildman–Crippen LogP) is -0.478. The topological polar surface area (TPSA) is 111 Å². The third-order valence-electron chi connectivity index (χ3n) is 3.30. The highest BCUT2D eigenvalue weighted by Gasteiger charge is 2.25. The van der Waals surface area contributed by atoms with Gasteiger partial charge in [-0.05, 0) is 27.7 Å². The maximum atomic E-state index is 12.1. The minimum Gasteiger partial charge on any atom is -0.392 e. The van der Waals surface area contributed by atoms with E-state index >= 15 is 0 Å². The summed E-state index contributed by atoms with van der Waals surface area (Å²) >= 11 is 0. The predicted molar refractivity (Wildman–Crippen MR) is 82.5 cm³/mol. The van der Waals surface area contributed by atoms with Crippen LogP contribution in [0.15, 0.2) is 22.5 Å². The van der Waals surface area contributed by atoms with E-state index in [0.717, 1.165) is 0 Å². The van der Waals surface area contributed by atoms with E-state index in [9.17, 15) is 19.8 Å². The SMILES string of the molecule is CC1=C(C(=O)NC[C@H](C)O)CC(C(=O)NC[C@H](C)O)=C(C)N1. The molecule has 1 aliphatic heterocycles. The summed E-state index contributed by atoms with van der Waals surface area (Å²) in [4.78, 5) is 24.3. The Labute approximate surface area is 130 Å². The van der Waals surface area contributed by atoms with Gasteiger partial charge in [0, 0.05) is 42.1 Å². The van der Waals surface area contributed by atoms with Crippen molar-refractivity contribution in [3.63, 3.8) is 0 Å². The van der Waals surface area contributed by atoms with Crippen LogP contribution < -0.4 is 16.0 Å². The second kappa shape index (κ2) is 7.95. The Balaban J connectivity index is 2.77. The molecule has 0 saturated carbocycles. The quantitative estimate of drug-likeness (QED) is 0.455. The van der Waals surface area contributed by atoms with E-state index in [-0.39, 0.29) is 31.3 Å². The van der Waals surface area contributed by atoms with Gasteiger partial charge in [-0.3, -0.25) is 9.59 Å². The largest absolute Gasteiger partial charge is 0.392 e. The van der Waals surface area contributed by atoms with Crippen molar-refractivity contribution >= 4 is 11.8 Å². The molecule has 0 fully saturated rings. The molecule has 0 radical (unpaired) electrons. The Kier molecular flexibility index (Phi) is 6.58. The number of dihydropyridines is 1. The summed E-state index contributed by atoms with van der Waals surface area (Å²) in [6.07, 6.45) is -1.05. The van der Waals surface area contributed by atoms with Crippen LogP contribution in [0.5, 0.6) is 0 Å². The van der Waals surface area contributed by atoms with Crippen molar-refractivity contribution in [1.29, 1.82) is 0 Å². The molecule has 5 N–H and O–H groups in total. The number of hydrogen-bond donors (Lipinski definition) is 5. The number of aliphatic hydroxyl groups excluding tert-OH is 2. The monoisotopic (exact) mass is 311 g/mol. The van der Waals surface area contributed by atoms with Crippen LogP contribution >= 0.6 is 0 Å². The highest BCUT2D eigenvalue weighted by atomic mass is 16.3. The van der Waals surface area contributed by atoms with Gasteiger partial charge in [0.1, 0.15) is 0 Å². The van der Waals surface area contributed by atoms with Crippen LogP contribution in [0.25, 0.3) is 0 Å². The van der Waals surface area contributed by atoms with Crippen molar-refractivity contribution in [1.82, 2.24) is 16.0 Å². The lowest BCUT2D eigenvalue weighted by molar-refractivity contribution is -0.118. The lowest BCUT2D eigenvalue weighted by Crippen LogP contribution is -2.38. The lowest BCUT2D eigenvalue weighted by atomic mass is 9.96. The molecule has 1 aliphatic rings. The van der Waals surface area contributed by atoms with E-state index in [1.54, 1.807) is 27.7 Å². The Morgan fingerprint density at radius 2 is 1.36 bits per heavy atom. The van der Waals surface area contributed by atoms with Gasteiger partial charge in [0.15, 0.2) is 0 Å². The molecule has 0 aromatic heterocycles. The molecular weight excluding hydrogens is 286 g/mol. The van der Waals surface area contributed by atoms with Gasteiger partial charge in [-0.25, -0.2) is 0 Å². The fourth-order valence-corrected chi connectivity index (χ4v) is 2.07. The smallest absolute Gasteiger partial charge is 0.249 e. The number of carbonyl (C=O) groups is 2. The van der Waals surface area contributed by atoms with Crippen LogP contribution in [-0.2, 0) is 9.59 Å². The third kappa shape index (κ3) is 5.16. The summed E-state index contributed by atoms with van der Waals surface area (Å²) in [5.74, 6) is -0.613. The molecule has 124 valence electrons. The summed E-state index contributed by atoms with van der Waals surface area (Å²) in [5.41, 5.74) is 2.31. The molecule has 0 spiro atoms. The van der Waals surface area contributed by atoms with Crippen molar-refractivity contribution in [3.05, 3.63) is 22.5 Å². The van der Waals surface area contributed by atoms with E-state index in [4.69, 9.17) is 0 Å². The second-order valence-electron chi connectivity index (χ2n) is 5.63. The summed E-state index contributed by atoms with van der Waals surface area (Å²) in [5, 5.41) is 26.7. The van der Waals surface area contributed by atoms with Gasteiger partial charge < -0.3 is 26.2 Å². The molecule has 22 heavy (non-hydrogen) atoms. The van der Waals surface area contributed by atoms with Gasteiger partial charge in [0.25, 0.3) is 0 Å². The number of carbonyl (C=O) groups excluding carboxylic acids is 2. The first-order chi connectivity index (χ1) is 10.2. The molecule has 0 bridgehead atoms. The minimum atomic E-state index is -0.632. The lowest BCUT2D eigenvalue weighted by Gasteiger charge is -2.23. The van der Waals surface area contributed by atoms with Crippen LogP contribution in [0.2, 0.25) is 0 Å². The summed E-state index contributed by atoms with van der Waals surface area (Å²) in [6, 6.07) is 0. The van der Waals surface area contributed by atoms with E-state index in [0.29, 0.717) is 22.5 Å². The average molecular weight is 311 g/mol. The average Bonchev–Trinajstić information content (AvgIpc) is 2.42. The number of amides is 2. The molecule has 7 nitrogen and oxygen atoms in total. The standard InChI is InChI=1S/C15H25N3O4/c1-8(19)6-16-14(21)12-5-13(11(4)18-10(12)3)15(22)17-7-9(2)20/h8-9,18-20H,5-7H2,1-4H3,(H,16,21)(H,17,22)/t8-,9-/m0/s1. The molecule has 2 amide bonds. The van der Waals surface area contributed by atoms with Crippen LogP contribution in [0.4, 0.5) is 0 Å². The minimum absolute atomic E-state index is 0.155. The van der Waals surface area contributed by atoms with Gasteiger partial charge in [0.05, 0.1) is 12.2 Å². The van der Waals surface area contributed by atoms with E-state index < -0.39 is 12.2 Å². The van der Waals surface area contributed by atoms with Crippen molar-refractivity contribution < 1.29 is 19.8 Å². The molecule has 7 heteroatoms. The number of aliphatic hydroxyl groups is 2. The van der Waals surface area contributed by atoms with Crippen molar-refractivity contribution in [2.75, 3.05) is 13.1 Å². The van der Waals surface area contributed by atoms with E-state index in [1.807, 2.05) is 0 Å². The maximum Gasteiger partial charge on any atom is 0.249 e. The van der Waals surface area contributed by atoms with E-state index in [2.05, 4.69) is 16.0 Å². The molecule has 0 aliphatic carbocycles. The Hall–Kier alpha value is -1.86. The molecule has 1 heterocycles. The van der Waals surface area contributed by atoms with Crippen molar-refractivity contribution in [2.45, 2.75) is 46.3 Å². The zero-order valence-electron chi connectivity index (χ0n) is 13.5. The normalized spacial score (nSPS) is 17.7. The molecule has 0 unspecified atom stereocenters. The molecule has 1 rings (SSSR count). The van der Waals surface area contributed by atoms with Crippen molar-refractivity contribution in [3.8, 4) is 0 Å². The molecule has 0 aromatic rings. The zero-order valence-corrected chi connectivity index (χ0v) is 13.5. The number of allylic oxidation sites excluding steroid dienone is 2. The highest BCUT2D eigenvalue weighted by Crippen LogP contribution is 2.23. The molecule has 0 saturated heterocycles. The summed E-state index contributed by atoms with van der Waals surface area (Å²) < 4.78 is 0. The van der Waals surface area contributed by atoms with Crippen LogP contribution in [0.3, 0.4) is 0 Å². The van der Waals surface area contributed by atoms with Crippen molar-refractivity contribution in [2.24, 2.45) is 0 Å². The van der Waals surface area contributed by atoms with Gasteiger partial charge in [-0.1, -0.05) is 0 Å². The Morgan fingerprint density at radius 3 is 1.68 bits per heavy atom. The maximum absolute atomic E-state index is 12.1. The fourth-order valence-electron chi connectivity index (χ4n) is 2.07. The highest BCUT2D eigenvalue weighted by molar-refractivity contribution is 6.00. The Bertz CT molecular complexity index is 463. The molecular formula is C15H25N3O4. The summed E-state index contributed by atoms with van der Waals surface area (Å²) in [7, 11) is 0. The zero-order chi connectivity index (χ0) is 16.9. The number of rotatable bonds is 6. The molecule has 0 aromatic carbocycles. The van der Waals surface area contributed by atoms with Gasteiger partial charge in [0.2, 0.25) is 11.8 Å². The Morgan fingerprint density at radius 1 is 1.00 bits per heavy atom. The van der Waals surface area contributed by atoms with Crippen LogP contribution in [0, 0.1) is 0 Å². The first kappa shape index (κ1) is 18.2. The number of hydrogen-bond acceptors (Lipinski definition) is 5. The molecule has 2 atom stereocenters. The summed E-state index contributed by atoms with van der Waals surface area (Å²) in [6.45, 7) is 7.01. The first-order valence-electron chi connectivity index (χ1n) is 7.31. The third-order valence-corrected chi connectivity index (χ3v) is 3.30. The fraction of sp³-hybridized carbons (Fsp3) is 0.600.